The number of H-pyrrole nitrogens is 1. The largest absolute Gasteiger partial charge is 0.364 e. The second-order valence-corrected chi connectivity index (χ2v) is 3.39. The summed E-state index contributed by atoms with van der Waals surface area (Å²) >= 11 is 0. The fourth-order valence-electron chi connectivity index (χ4n) is 1.35. The van der Waals surface area contributed by atoms with Gasteiger partial charge in [0.2, 0.25) is 0 Å². The minimum Gasteiger partial charge on any atom is -0.364 e. The molecule has 1 unspecified atom stereocenters. The Bertz CT molecular complexity index is 302. The van der Waals surface area contributed by atoms with Crippen molar-refractivity contribution in [2.24, 2.45) is 0 Å². The molecule has 0 aliphatic carbocycles. The summed E-state index contributed by atoms with van der Waals surface area (Å²) in [6.07, 6.45) is 11.2. The zero-order valence-corrected chi connectivity index (χ0v) is 8.01. The molecule has 0 aliphatic rings. The van der Waals surface area contributed by atoms with Crippen molar-refractivity contribution in [3.05, 3.63) is 36.7 Å². The molecule has 1 rings (SSSR count). The van der Waals surface area contributed by atoms with Crippen LogP contribution < -0.4 is 0 Å². The van der Waals surface area contributed by atoms with Crippen LogP contribution in [0.2, 0.25) is 0 Å². The van der Waals surface area contributed by atoms with Gasteiger partial charge in [-0.1, -0.05) is 12.0 Å². The second kappa shape index (κ2) is 4.00. The van der Waals surface area contributed by atoms with Crippen molar-refractivity contribution in [1.82, 2.24) is 4.98 Å². The maximum atomic E-state index is 5.53. The zero-order valence-electron chi connectivity index (χ0n) is 8.01. The van der Waals surface area contributed by atoms with Crippen molar-refractivity contribution in [2.45, 2.75) is 25.2 Å². The molecule has 13 heavy (non-hydrogen) atoms. The average molecular weight is 173 g/mol. The van der Waals surface area contributed by atoms with Gasteiger partial charge in [0.1, 0.15) is 0 Å². The number of rotatable bonds is 4. The lowest BCUT2D eigenvalue weighted by Crippen LogP contribution is -2.19. The van der Waals surface area contributed by atoms with Crippen molar-refractivity contribution in [1.29, 1.82) is 0 Å². The Morgan fingerprint density at radius 1 is 1.77 bits per heavy atom. The van der Waals surface area contributed by atoms with E-state index < -0.39 is 0 Å². The molecule has 0 amide bonds. The van der Waals surface area contributed by atoms with E-state index in [1.807, 2.05) is 24.4 Å². The molecular formula is C12H15N. The summed E-state index contributed by atoms with van der Waals surface area (Å²) in [5.41, 5.74) is 0.925. The SMILES string of the molecule is C#CC(C)(CCC=C)c1ccc[nH]1. The first-order valence-electron chi connectivity index (χ1n) is 4.45. The third kappa shape index (κ3) is 2.03. The molecule has 0 bridgehead atoms. The Morgan fingerprint density at radius 3 is 3.00 bits per heavy atom. The summed E-state index contributed by atoms with van der Waals surface area (Å²) in [7, 11) is 0. The number of nitrogens with one attached hydrogen (secondary N) is 1. The molecule has 1 aromatic rings. The average Bonchev–Trinajstić information content (AvgIpc) is 2.67. The van der Waals surface area contributed by atoms with Crippen LogP contribution in [0.5, 0.6) is 0 Å². The Hall–Kier alpha value is -1.42. The van der Waals surface area contributed by atoms with Crippen molar-refractivity contribution < 1.29 is 0 Å². The normalized spacial score (nSPS) is 14.5. The van der Waals surface area contributed by atoms with Gasteiger partial charge in [0, 0.05) is 11.9 Å². The lowest BCUT2D eigenvalue weighted by Gasteiger charge is -2.21. The first kappa shape index (κ1) is 9.67. The highest BCUT2D eigenvalue weighted by atomic mass is 14.7. The van der Waals surface area contributed by atoms with E-state index in [2.05, 4.69) is 24.4 Å². The van der Waals surface area contributed by atoms with Gasteiger partial charge in [-0.15, -0.1) is 13.0 Å². The zero-order chi connectivity index (χ0) is 9.73. The van der Waals surface area contributed by atoms with Gasteiger partial charge in [0.05, 0.1) is 5.41 Å². The molecule has 0 aromatic carbocycles. The van der Waals surface area contributed by atoms with Crippen molar-refractivity contribution >= 4 is 0 Å². The number of hydrogen-bond acceptors (Lipinski definition) is 0. The Kier molecular flexibility index (Phi) is 2.97. The van der Waals surface area contributed by atoms with E-state index in [1.54, 1.807) is 0 Å². The fraction of sp³-hybridized carbons (Fsp3) is 0.333. The third-order valence-corrected chi connectivity index (χ3v) is 2.36. The molecule has 68 valence electrons. The van der Waals surface area contributed by atoms with Crippen LogP contribution in [0.15, 0.2) is 31.0 Å². The highest BCUT2D eigenvalue weighted by Crippen LogP contribution is 2.26. The van der Waals surface area contributed by atoms with Gasteiger partial charge in [-0.3, -0.25) is 0 Å². The number of terminal acetylenes is 1. The Labute approximate surface area is 79.9 Å². The molecule has 1 atom stereocenters. The molecule has 1 aromatic heterocycles. The fourth-order valence-corrected chi connectivity index (χ4v) is 1.35. The Balaban J connectivity index is 2.82. The maximum absolute atomic E-state index is 5.53. The van der Waals surface area contributed by atoms with Crippen LogP contribution in [-0.2, 0) is 5.41 Å². The predicted molar refractivity (Wildman–Crippen MR) is 56.4 cm³/mol. The lowest BCUT2D eigenvalue weighted by atomic mass is 9.83. The van der Waals surface area contributed by atoms with E-state index in [0.29, 0.717) is 0 Å². The number of allylic oxidation sites excluding steroid dienone is 1. The number of aromatic nitrogens is 1. The van der Waals surface area contributed by atoms with E-state index in [0.717, 1.165) is 18.5 Å². The maximum Gasteiger partial charge on any atom is 0.0684 e. The molecule has 0 spiro atoms. The highest BCUT2D eigenvalue weighted by molar-refractivity contribution is 5.27. The van der Waals surface area contributed by atoms with E-state index in [1.165, 1.54) is 0 Å². The minimum absolute atomic E-state index is 0.183. The quantitative estimate of drug-likeness (QED) is 0.532. The smallest absolute Gasteiger partial charge is 0.0684 e. The number of hydrogen-bond donors (Lipinski definition) is 1. The first-order chi connectivity index (χ1) is 6.23. The third-order valence-electron chi connectivity index (χ3n) is 2.36. The molecule has 0 saturated carbocycles. The molecule has 1 heteroatoms. The standard InChI is InChI=1S/C12H15N/c1-4-6-9-12(3,5-2)11-8-7-10-13-11/h2,4,7-8,10,13H,1,6,9H2,3H3. The van der Waals surface area contributed by atoms with E-state index in [9.17, 15) is 0 Å². The summed E-state index contributed by atoms with van der Waals surface area (Å²) in [5.74, 6) is 2.84. The Morgan fingerprint density at radius 2 is 2.54 bits per heavy atom. The van der Waals surface area contributed by atoms with Crippen molar-refractivity contribution in [2.75, 3.05) is 0 Å². The molecular weight excluding hydrogens is 158 g/mol. The summed E-state index contributed by atoms with van der Waals surface area (Å²) in [6, 6.07) is 4.00. The molecule has 1 nitrogen and oxygen atoms in total. The van der Waals surface area contributed by atoms with Crippen molar-refractivity contribution in [3.8, 4) is 12.3 Å². The van der Waals surface area contributed by atoms with Crippen LogP contribution in [-0.4, -0.2) is 4.98 Å². The predicted octanol–water partition coefficient (Wildman–Crippen LogP) is 2.87. The second-order valence-electron chi connectivity index (χ2n) is 3.39. The van der Waals surface area contributed by atoms with Gasteiger partial charge in [-0.2, -0.15) is 0 Å². The highest BCUT2D eigenvalue weighted by Gasteiger charge is 2.23. The topological polar surface area (TPSA) is 15.8 Å². The molecule has 0 fully saturated rings. The van der Waals surface area contributed by atoms with Gasteiger partial charge < -0.3 is 4.98 Å². The van der Waals surface area contributed by atoms with Gasteiger partial charge in [0.25, 0.3) is 0 Å². The number of aromatic amines is 1. The molecule has 0 aliphatic heterocycles. The summed E-state index contributed by atoms with van der Waals surface area (Å²) < 4.78 is 0. The van der Waals surface area contributed by atoms with E-state index in [-0.39, 0.29) is 5.41 Å². The first-order valence-corrected chi connectivity index (χ1v) is 4.45. The van der Waals surface area contributed by atoms with Gasteiger partial charge in [-0.05, 0) is 31.9 Å². The van der Waals surface area contributed by atoms with E-state index >= 15 is 0 Å². The molecule has 0 radical (unpaired) electrons. The van der Waals surface area contributed by atoms with Crippen LogP contribution in [0.25, 0.3) is 0 Å². The van der Waals surface area contributed by atoms with Crippen LogP contribution >= 0.6 is 0 Å². The summed E-state index contributed by atoms with van der Waals surface area (Å²) in [4.78, 5) is 3.16. The van der Waals surface area contributed by atoms with Gasteiger partial charge >= 0.3 is 0 Å². The lowest BCUT2D eigenvalue weighted by molar-refractivity contribution is 0.553. The monoisotopic (exact) mass is 173 g/mol. The van der Waals surface area contributed by atoms with E-state index in [4.69, 9.17) is 6.42 Å². The molecule has 0 saturated heterocycles. The van der Waals surface area contributed by atoms with Gasteiger partial charge in [-0.25, -0.2) is 0 Å². The van der Waals surface area contributed by atoms with Crippen molar-refractivity contribution in [3.63, 3.8) is 0 Å². The minimum atomic E-state index is -0.183. The summed E-state index contributed by atoms with van der Waals surface area (Å²) in [6.45, 7) is 5.77. The summed E-state index contributed by atoms with van der Waals surface area (Å²) in [5, 5.41) is 0. The van der Waals surface area contributed by atoms with Crippen LogP contribution in [0.3, 0.4) is 0 Å². The van der Waals surface area contributed by atoms with Crippen LogP contribution in [0.4, 0.5) is 0 Å². The van der Waals surface area contributed by atoms with Crippen LogP contribution in [0, 0.1) is 12.3 Å². The molecule has 1 N–H and O–H groups in total. The van der Waals surface area contributed by atoms with Crippen LogP contribution in [0.1, 0.15) is 25.5 Å². The van der Waals surface area contributed by atoms with Gasteiger partial charge in [0.15, 0.2) is 0 Å². The molecule has 1 heterocycles.